The monoisotopic (exact) mass is 332 g/mol. The van der Waals surface area contributed by atoms with Crippen molar-refractivity contribution in [1.29, 1.82) is 0 Å². The second kappa shape index (κ2) is 7.67. The van der Waals surface area contributed by atoms with Gasteiger partial charge < -0.3 is 9.73 Å². The van der Waals surface area contributed by atoms with E-state index in [1.165, 1.54) is 12.8 Å². The van der Waals surface area contributed by atoms with E-state index < -0.39 is 10.0 Å². The summed E-state index contributed by atoms with van der Waals surface area (Å²) in [6, 6.07) is 2.21. The first-order valence-electron chi connectivity index (χ1n) is 7.34. The average molecular weight is 332 g/mol. The van der Waals surface area contributed by atoms with Crippen molar-refractivity contribution in [2.45, 2.75) is 50.1 Å². The van der Waals surface area contributed by atoms with E-state index in [0.717, 1.165) is 18.6 Å². The minimum absolute atomic E-state index is 0.264. The second-order valence-corrected chi connectivity index (χ2v) is 8.11. The molecule has 0 atom stereocenters. The first-order chi connectivity index (χ1) is 10.0. The number of aryl methyl sites for hydroxylation is 1. The number of thioether (sulfide) groups is 1. The Hall–Kier alpha value is -0.500. The molecule has 2 rings (SSSR count). The maximum Gasteiger partial charge on any atom is 0.244 e. The van der Waals surface area contributed by atoms with Gasteiger partial charge in [-0.05, 0) is 44.6 Å². The molecular weight excluding hydrogens is 308 g/mol. The van der Waals surface area contributed by atoms with Crippen LogP contribution in [-0.2, 0) is 16.6 Å². The molecule has 1 aromatic rings. The Balaban J connectivity index is 1.88. The Morgan fingerprint density at radius 1 is 1.38 bits per heavy atom. The molecule has 0 aliphatic heterocycles. The van der Waals surface area contributed by atoms with Crippen molar-refractivity contribution in [3.8, 4) is 0 Å². The van der Waals surface area contributed by atoms with Crippen molar-refractivity contribution in [3.05, 3.63) is 17.6 Å². The molecule has 0 spiro atoms. The summed E-state index contributed by atoms with van der Waals surface area (Å²) in [4.78, 5) is 0.264. The van der Waals surface area contributed by atoms with Crippen molar-refractivity contribution in [2.75, 3.05) is 18.6 Å². The minimum Gasteiger partial charge on any atom is -0.464 e. The van der Waals surface area contributed by atoms with Crippen LogP contribution in [-0.4, -0.2) is 33.0 Å². The molecule has 0 bridgehead atoms. The van der Waals surface area contributed by atoms with E-state index in [2.05, 4.69) is 16.3 Å². The van der Waals surface area contributed by atoms with Crippen LogP contribution in [0.3, 0.4) is 0 Å². The molecule has 1 saturated carbocycles. The van der Waals surface area contributed by atoms with Crippen molar-refractivity contribution >= 4 is 21.8 Å². The van der Waals surface area contributed by atoms with E-state index in [-0.39, 0.29) is 4.90 Å². The van der Waals surface area contributed by atoms with Crippen LogP contribution >= 0.6 is 11.8 Å². The van der Waals surface area contributed by atoms with Gasteiger partial charge in [-0.15, -0.1) is 0 Å². The summed E-state index contributed by atoms with van der Waals surface area (Å²) in [5.74, 6) is 2.20. The molecule has 0 saturated heterocycles. The molecule has 0 aromatic carbocycles. The third-order valence-corrected chi connectivity index (χ3v) is 5.69. The number of furan rings is 1. The highest BCUT2D eigenvalue weighted by Gasteiger charge is 2.23. The van der Waals surface area contributed by atoms with Crippen molar-refractivity contribution < 1.29 is 12.8 Å². The molecule has 2 N–H and O–H groups in total. The van der Waals surface area contributed by atoms with E-state index in [0.29, 0.717) is 30.7 Å². The Kier molecular flexibility index (Phi) is 6.16. The molecule has 120 valence electrons. The van der Waals surface area contributed by atoms with E-state index in [1.807, 2.05) is 0 Å². The predicted molar refractivity (Wildman–Crippen MR) is 86.1 cm³/mol. The third kappa shape index (κ3) is 5.32. The third-order valence-electron chi connectivity index (χ3n) is 3.42. The van der Waals surface area contributed by atoms with Crippen LogP contribution in [0.25, 0.3) is 0 Å². The highest BCUT2D eigenvalue weighted by Crippen LogP contribution is 2.22. The number of nitrogens with one attached hydrogen (secondary N) is 2. The minimum atomic E-state index is -3.46. The summed E-state index contributed by atoms with van der Waals surface area (Å²) >= 11 is 1.78. The van der Waals surface area contributed by atoms with Crippen molar-refractivity contribution in [1.82, 2.24) is 10.0 Å². The topological polar surface area (TPSA) is 71.3 Å². The number of hydrogen-bond acceptors (Lipinski definition) is 5. The Labute approximate surface area is 131 Å². The fourth-order valence-electron chi connectivity index (χ4n) is 2.07. The Morgan fingerprint density at radius 3 is 2.81 bits per heavy atom. The molecule has 0 unspecified atom stereocenters. The van der Waals surface area contributed by atoms with Gasteiger partial charge in [-0.25, -0.2) is 13.1 Å². The summed E-state index contributed by atoms with van der Waals surface area (Å²) < 4.78 is 32.7. The number of hydrogen-bond donors (Lipinski definition) is 2. The van der Waals surface area contributed by atoms with E-state index in [4.69, 9.17) is 4.42 Å². The quantitative estimate of drug-likeness (QED) is 0.643. The zero-order valence-electron chi connectivity index (χ0n) is 12.6. The fraction of sp³-hybridized carbons (Fsp3) is 0.714. The predicted octanol–water partition coefficient (Wildman–Crippen LogP) is 2.26. The standard InChI is InChI=1S/C14H24N2O3S2/c1-11-14(9-13(19-11)10-15-12-5-6-12)21(17,18)16-7-3-4-8-20-2/h9,12,15-16H,3-8,10H2,1-2H3. The lowest BCUT2D eigenvalue weighted by Crippen LogP contribution is -2.25. The molecule has 1 aliphatic rings. The second-order valence-electron chi connectivity index (χ2n) is 5.39. The summed E-state index contributed by atoms with van der Waals surface area (Å²) in [5, 5.41) is 3.32. The summed E-state index contributed by atoms with van der Waals surface area (Å²) in [6.45, 7) is 2.76. The molecule has 0 radical (unpaired) electrons. The van der Waals surface area contributed by atoms with Gasteiger partial charge in [0.15, 0.2) is 0 Å². The van der Waals surface area contributed by atoms with Crippen molar-refractivity contribution in [3.63, 3.8) is 0 Å². The molecule has 7 heteroatoms. The van der Waals surface area contributed by atoms with Gasteiger partial charge in [0.05, 0.1) is 6.54 Å². The molecular formula is C14H24N2O3S2. The van der Waals surface area contributed by atoms with Gasteiger partial charge in [0.25, 0.3) is 0 Å². The van der Waals surface area contributed by atoms with E-state index in [1.54, 1.807) is 24.8 Å². The van der Waals surface area contributed by atoms with Gasteiger partial charge in [-0.2, -0.15) is 11.8 Å². The number of unbranched alkanes of at least 4 members (excludes halogenated alkanes) is 1. The Morgan fingerprint density at radius 2 is 2.14 bits per heavy atom. The number of sulfonamides is 1. The van der Waals surface area contributed by atoms with Crippen molar-refractivity contribution in [2.24, 2.45) is 0 Å². The van der Waals surface area contributed by atoms with Crippen LogP contribution in [0.1, 0.15) is 37.2 Å². The first-order valence-corrected chi connectivity index (χ1v) is 10.2. The number of rotatable bonds is 10. The van der Waals surface area contributed by atoms with Crippen LogP contribution in [0.4, 0.5) is 0 Å². The molecule has 1 heterocycles. The lowest BCUT2D eigenvalue weighted by molar-refractivity contribution is 0.456. The highest BCUT2D eigenvalue weighted by molar-refractivity contribution is 7.98. The van der Waals surface area contributed by atoms with E-state index in [9.17, 15) is 8.42 Å². The zero-order valence-corrected chi connectivity index (χ0v) is 14.3. The first kappa shape index (κ1) is 16.9. The van der Waals surface area contributed by atoms with Gasteiger partial charge in [-0.3, -0.25) is 0 Å². The Bertz CT molecular complexity index is 551. The summed E-state index contributed by atoms with van der Waals surface area (Å²) in [7, 11) is -3.46. The molecule has 21 heavy (non-hydrogen) atoms. The zero-order chi connectivity index (χ0) is 15.3. The van der Waals surface area contributed by atoms with Crippen LogP contribution < -0.4 is 10.0 Å². The highest BCUT2D eigenvalue weighted by atomic mass is 32.2. The van der Waals surface area contributed by atoms with Crippen LogP contribution in [0.2, 0.25) is 0 Å². The molecule has 1 fully saturated rings. The van der Waals surface area contributed by atoms with Crippen LogP contribution in [0.5, 0.6) is 0 Å². The van der Waals surface area contributed by atoms with Gasteiger partial charge in [-0.1, -0.05) is 0 Å². The van der Waals surface area contributed by atoms with Gasteiger partial charge in [0, 0.05) is 18.7 Å². The summed E-state index contributed by atoms with van der Waals surface area (Å²) in [6.07, 6.45) is 6.32. The van der Waals surface area contributed by atoms with Gasteiger partial charge >= 0.3 is 0 Å². The van der Waals surface area contributed by atoms with E-state index >= 15 is 0 Å². The average Bonchev–Trinajstić information content (AvgIpc) is 3.18. The molecule has 0 amide bonds. The molecule has 5 nitrogen and oxygen atoms in total. The maximum absolute atomic E-state index is 12.3. The lowest BCUT2D eigenvalue weighted by Gasteiger charge is -2.04. The summed E-state index contributed by atoms with van der Waals surface area (Å²) in [5.41, 5.74) is 0. The normalized spacial score (nSPS) is 15.5. The largest absolute Gasteiger partial charge is 0.464 e. The smallest absolute Gasteiger partial charge is 0.244 e. The van der Waals surface area contributed by atoms with Gasteiger partial charge in [0.1, 0.15) is 16.4 Å². The fourth-order valence-corrected chi connectivity index (χ4v) is 3.83. The van der Waals surface area contributed by atoms with Crippen LogP contribution in [0.15, 0.2) is 15.4 Å². The lowest BCUT2D eigenvalue weighted by atomic mass is 10.3. The molecule has 1 aromatic heterocycles. The maximum atomic E-state index is 12.3. The van der Waals surface area contributed by atoms with Crippen LogP contribution in [0, 0.1) is 6.92 Å². The molecule has 1 aliphatic carbocycles. The van der Waals surface area contributed by atoms with Gasteiger partial charge in [0.2, 0.25) is 10.0 Å². The SMILES string of the molecule is CSCCCCNS(=O)(=O)c1cc(CNC2CC2)oc1C.